The number of hydrogen-bond acceptors (Lipinski definition) is 5. The monoisotopic (exact) mass is 596 g/mol. The fourth-order valence-corrected chi connectivity index (χ4v) is 4.96. The van der Waals surface area contributed by atoms with E-state index in [4.69, 9.17) is 4.52 Å². The van der Waals surface area contributed by atoms with Crippen LogP contribution in [-0.2, 0) is 12.7 Å². The van der Waals surface area contributed by atoms with Crippen LogP contribution in [0.4, 0.5) is 30.7 Å². The minimum absolute atomic E-state index is 0.0251. The van der Waals surface area contributed by atoms with Gasteiger partial charge in [-0.1, -0.05) is 24.4 Å². The van der Waals surface area contributed by atoms with Gasteiger partial charge >= 0.3 is 6.18 Å². The molecule has 224 valence electrons. The first kappa shape index (κ1) is 30.9. The number of hydrogen-bond donors (Lipinski definition) is 0. The van der Waals surface area contributed by atoms with E-state index in [0.717, 1.165) is 42.1 Å². The Bertz CT molecular complexity index is 1540. The van der Waals surface area contributed by atoms with Crippen molar-refractivity contribution in [1.29, 1.82) is 0 Å². The minimum Gasteiger partial charge on any atom is -0.354 e. The molecular formula is C29H27F7N4O2. The summed E-state index contributed by atoms with van der Waals surface area (Å²) in [7, 11) is 0. The van der Waals surface area contributed by atoms with Crippen LogP contribution in [0.1, 0.15) is 78.1 Å². The van der Waals surface area contributed by atoms with Gasteiger partial charge in [-0.15, -0.1) is 0 Å². The quantitative estimate of drug-likeness (QED) is 0.219. The third-order valence-corrected chi connectivity index (χ3v) is 6.91. The van der Waals surface area contributed by atoms with Crippen molar-refractivity contribution < 1.29 is 35.3 Å². The van der Waals surface area contributed by atoms with Gasteiger partial charge in [-0.2, -0.15) is 18.3 Å². The number of benzene rings is 1. The molecule has 42 heavy (non-hydrogen) atoms. The van der Waals surface area contributed by atoms with Gasteiger partial charge < -0.3 is 4.52 Å². The third-order valence-electron chi connectivity index (χ3n) is 6.91. The molecule has 1 saturated carbocycles. The second-order valence-electron chi connectivity index (χ2n) is 10.0. The fourth-order valence-electron chi connectivity index (χ4n) is 4.96. The average molecular weight is 597 g/mol. The van der Waals surface area contributed by atoms with E-state index in [0.29, 0.717) is 24.0 Å². The van der Waals surface area contributed by atoms with Crippen LogP contribution >= 0.6 is 0 Å². The summed E-state index contributed by atoms with van der Waals surface area (Å²) < 4.78 is 98.0. The summed E-state index contributed by atoms with van der Waals surface area (Å²) in [6.07, 6.45) is -2.16. The number of aryl methyl sites for hydroxylation is 2. The summed E-state index contributed by atoms with van der Waals surface area (Å²) in [5.74, 6) is -1.49. The first-order valence-electron chi connectivity index (χ1n) is 13.2. The summed E-state index contributed by atoms with van der Waals surface area (Å²) in [4.78, 5) is 17.0. The Balaban J connectivity index is 0.000000385. The van der Waals surface area contributed by atoms with Crippen molar-refractivity contribution >= 4 is 0 Å². The first-order chi connectivity index (χ1) is 19.8. The lowest BCUT2D eigenvalue weighted by Crippen LogP contribution is -2.30. The van der Waals surface area contributed by atoms with Gasteiger partial charge in [0.1, 0.15) is 17.3 Å². The Morgan fingerprint density at radius 2 is 1.69 bits per heavy atom. The molecule has 4 aromatic rings. The Morgan fingerprint density at radius 3 is 2.29 bits per heavy atom. The van der Waals surface area contributed by atoms with Crippen LogP contribution in [-0.4, -0.2) is 19.9 Å². The first-order valence-corrected chi connectivity index (χ1v) is 13.2. The SMILES string of the molecule is Cc1cc(F)cc(F)c1.Cc1noc(-c2cc(C3CCCCC3)c(=O)n(Cc3ncccc3C(F)(F)F)n2)c1C(F)F. The van der Waals surface area contributed by atoms with Crippen LogP contribution in [0.3, 0.4) is 0 Å². The van der Waals surface area contributed by atoms with E-state index < -0.39 is 53.2 Å². The van der Waals surface area contributed by atoms with Crippen LogP contribution in [0.5, 0.6) is 0 Å². The van der Waals surface area contributed by atoms with Gasteiger partial charge in [0, 0.05) is 17.8 Å². The van der Waals surface area contributed by atoms with Crippen molar-refractivity contribution in [2.24, 2.45) is 0 Å². The maximum absolute atomic E-state index is 13.6. The highest BCUT2D eigenvalue weighted by atomic mass is 19.4. The normalized spacial score (nSPS) is 14.1. The molecule has 0 bridgehead atoms. The largest absolute Gasteiger partial charge is 0.418 e. The van der Waals surface area contributed by atoms with Gasteiger partial charge in [0.05, 0.1) is 29.1 Å². The molecule has 1 fully saturated rings. The topological polar surface area (TPSA) is 73.8 Å². The second kappa shape index (κ2) is 12.9. The molecule has 3 aromatic heterocycles. The highest BCUT2D eigenvalue weighted by molar-refractivity contribution is 5.58. The lowest BCUT2D eigenvalue weighted by Gasteiger charge is -2.22. The maximum atomic E-state index is 13.6. The van der Waals surface area contributed by atoms with E-state index in [1.54, 1.807) is 6.92 Å². The van der Waals surface area contributed by atoms with E-state index in [-0.39, 0.29) is 23.1 Å². The smallest absolute Gasteiger partial charge is 0.354 e. The van der Waals surface area contributed by atoms with Crippen LogP contribution in [0.25, 0.3) is 11.5 Å². The van der Waals surface area contributed by atoms with Crippen molar-refractivity contribution in [3.63, 3.8) is 0 Å². The maximum Gasteiger partial charge on any atom is 0.418 e. The third kappa shape index (κ3) is 7.24. The van der Waals surface area contributed by atoms with Crippen molar-refractivity contribution in [3.05, 3.63) is 98.2 Å². The number of pyridine rings is 1. The number of halogens is 7. The molecule has 0 unspecified atom stereocenters. The van der Waals surface area contributed by atoms with Crippen LogP contribution in [0, 0.1) is 25.5 Å². The zero-order chi connectivity index (χ0) is 30.6. The summed E-state index contributed by atoms with van der Waals surface area (Å²) in [5.41, 5.74) is -1.60. The van der Waals surface area contributed by atoms with E-state index in [2.05, 4.69) is 15.2 Å². The minimum atomic E-state index is -4.68. The summed E-state index contributed by atoms with van der Waals surface area (Å²) in [6.45, 7) is 2.43. The molecule has 1 aliphatic carbocycles. The lowest BCUT2D eigenvalue weighted by atomic mass is 9.84. The molecule has 0 radical (unpaired) electrons. The van der Waals surface area contributed by atoms with Gasteiger partial charge in [-0.25, -0.2) is 22.2 Å². The molecule has 5 rings (SSSR count). The Kier molecular flexibility index (Phi) is 9.47. The molecular weight excluding hydrogens is 569 g/mol. The molecule has 0 aliphatic heterocycles. The molecule has 3 heterocycles. The molecule has 1 aliphatic rings. The highest BCUT2D eigenvalue weighted by Gasteiger charge is 2.34. The molecule has 0 N–H and O–H groups in total. The Labute approximate surface area is 236 Å². The number of aromatic nitrogens is 4. The van der Waals surface area contributed by atoms with Gasteiger partial charge in [-0.05, 0) is 68.5 Å². The van der Waals surface area contributed by atoms with Gasteiger partial charge in [0.25, 0.3) is 12.0 Å². The van der Waals surface area contributed by atoms with Crippen molar-refractivity contribution in [3.8, 4) is 11.5 Å². The molecule has 0 saturated heterocycles. The van der Waals surface area contributed by atoms with E-state index in [9.17, 15) is 35.5 Å². The summed E-state index contributed by atoms with van der Waals surface area (Å²) in [5, 5.41) is 7.70. The van der Waals surface area contributed by atoms with Gasteiger partial charge in [0.2, 0.25) is 0 Å². The lowest BCUT2D eigenvalue weighted by molar-refractivity contribution is -0.138. The Hall–Kier alpha value is -4.03. The van der Waals surface area contributed by atoms with E-state index in [1.165, 1.54) is 31.3 Å². The standard InChI is InChI=1S/C22H21F5N4O2.C7H6F2/c1-12-18(20(23)24)19(33-30-12)16-10-14(13-6-3-2-4-7-13)21(32)31(29-16)11-17-15(22(25,26)27)8-5-9-28-17;1-5-2-6(8)4-7(9)3-5/h5,8-10,13,20H,2-4,6-7,11H2,1H3;2-4H,1H3. The van der Waals surface area contributed by atoms with E-state index >= 15 is 0 Å². The molecule has 0 amide bonds. The predicted octanol–water partition coefficient (Wildman–Crippen LogP) is 7.93. The number of alkyl halides is 5. The van der Waals surface area contributed by atoms with E-state index in [1.807, 2.05) is 0 Å². The Morgan fingerprint density at radius 1 is 1.02 bits per heavy atom. The fraction of sp³-hybridized carbons (Fsp3) is 0.379. The number of nitrogens with zero attached hydrogens (tertiary/aromatic N) is 4. The predicted molar refractivity (Wildman–Crippen MR) is 139 cm³/mol. The van der Waals surface area contributed by atoms with Crippen LogP contribution < -0.4 is 5.56 Å². The van der Waals surface area contributed by atoms with Crippen molar-refractivity contribution in [1.82, 2.24) is 19.9 Å². The summed E-state index contributed by atoms with van der Waals surface area (Å²) >= 11 is 0. The summed E-state index contributed by atoms with van der Waals surface area (Å²) in [6, 6.07) is 6.84. The highest BCUT2D eigenvalue weighted by Crippen LogP contribution is 2.36. The molecule has 6 nitrogen and oxygen atoms in total. The zero-order valence-corrected chi connectivity index (χ0v) is 22.7. The molecule has 0 atom stereocenters. The van der Waals surface area contributed by atoms with Crippen LogP contribution in [0.2, 0.25) is 0 Å². The van der Waals surface area contributed by atoms with Crippen LogP contribution in [0.15, 0.2) is 51.9 Å². The zero-order valence-electron chi connectivity index (χ0n) is 22.7. The molecule has 0 spiro atoms. The second-order valence-corrected chi connectivity index (χ2v) is 10.0. The number of rotatable bonds is 5. The van der Waals surface area contributed by atoms with Gasteiger partial charge in [-0.3, -0.25) is 9.78 Å². The molecule has 13 heteroatoms. The molecule has 1 aromatic carbocycles. The van der Waals surface area contributed by atoms with Gasteiger partial charge in [0.15, 0.2) is 5.76 Å². The average Bonchev–Trinajstić information content (AvgIpc) is 3.31. The van der Waals surface area contributed by atoms with Crippen molar-refractivity contribution in [2.45, 2.75) is 71.0 Å². The van der Waals surface area contributed by atoms with Crippen molar-refractivity contribution in [2.75, 3.05) is 0 Å².